The van der Waals surface area contributed by atoms with Crippen molar-refractivity contribution in [3.05, 3.63) is 27.2 Å². The van der Waals surface area contributed by atoms with Crippen LogP contribution in [0.15, 0.2) is 15.9 Å². The van der Waals surface area contributed by atoms with E-state index in [0.29, 0.717) is 5.65 Å². The van der Waals surface area contributed by atoms with E-state index in [1.807, 2.05) is 0 Å². The molecule has 0 amide bonds. The first-order valence-electron chi connectivity index (χ1n) is 4.00. The Morgan fingerprint density at radius 2 is 2.21 bits per heavy atom. The van der Waals surface area contributed by atoms with Crippen molar-refractivity contribution in [3.8, 4) is 0 Å². The number of aliphatic hydroxyl groups excluding tert-OH is 1. The molecule has 2 rings (SSSR count). The Hall–Kier alpha value is -1.89. The number of fused-ring (bicyclic) bond motifs is 1. The lowest BCUT2D eigenvalue weighted by atomic mass is 10.5. The molecule has 0 aliphatic heterocycles. The maximum absolute atomic E-state index is 11.2. The van der Waals surface area contributed by atoms with Gasteiger partial charge in [0.15, 0.2) is 5.52 Å². The number of H-pyrrole nitrogens is 2. The molecule has 74 valence electrons. The first-order chi connectivity index (χ1) is 6.72. The normalized spacial score (nSPS) is 10.9. The highest BCUT2D eigenvalue weighted by Gasteiger charge is 2.06. The molecule has 7 heteroatoms. The monoisotopic (exact) mass is 196 g/mol. The predicted octanol–water partition coefficient (Wildman–Crippen LogP) is -1.59. The van der Waals surface area contributed by atoms with Crippen molar-refractivity contribution in [1.29, 1.82) is 0 Å². The zero-order chi connectivity index (χ0) is 10.1. The second-order valence-corrected chi connectivity index (χ2v) is 2.77. The van der Waals surface area contributed by atoms with Crippen molar-refractivity contribution in [2.45, 2.75) is 6.54 Å². The summed E-state index contributed by atoms with van der Waals surface area (Å²) in [5, 5.41) is 8.71. The maximum atomic E-state index is 11.2. The molecule has 0 fully saturated rings. The number of nitrogens with zero attached hydrogens (tertiary/aromatic N) is 2. The number of rotatable bonds is 2. The molecule has 0 spiro atoms. The van der Waals surface area contributed by atoms with Crippen LogP contribution in [0.25, 0.3) is 11.2 Å². The summed E-state index contributed by atoms with van der Waals surface area (Å²) in [7, 11) is 0. The van der Waals surface area contributed by atoms with E-state index in [2.05, 4.69) is 15.0 Å². The van der Waals surface area contributed by atoms with Gasteiger partial charge in [-0.15, -0.1) is 0 Å². The molecule has 0 aromatic carbocycles. The van der Waals surface area contributed by atoms with Gasteiger partial charge in [-0.05, 0) is 0 Å². The van der Waals surface area contributed by atoms with Crippen molar-refractivity contribution >= 4 is 11.2 Å². The predicted molar refractivity (Wildman–Crippen MR) is 48.1 cm³/mol. The molecule has 7 nitrogen and oxygen atoms in total. The van der Waals surface area contributed by atoms with Crippen molar-refractivity contribution in [2.24, 2.45) is 0 Å². The van der Waals surface area contributed by atoms with Crippen LogP contribution in [0.3, 0.4) is 0 Å². The van der Waals surface area contributed by atoms with Gasteiger partial charge in [-0.3, -0.25) is 14.8 Å². The first-order valence-corrected chi connectivity index (χ1v) is 4.00. The van der Waals surface area contributed by atoms with Gasteiger partial charge in [0.05, 0.1) is 12.9 Å². The minimum atomic E-state index is -0.581. The standard InChI is InChI=1S/C7H8N4O3/c12-2-1-11-3-8-4-5(11)9-7(14)10-6(4)13/h3,12H,1-2H2,(H2,9,10,13,14). The van der Waals surface area contributed by atoms with Gasteiger partial charge in [-0.2, -0.15) is 0 Å². The molecule has 3 N–H and O–H groups in total. The van der Waals surface area contributed by atoms with Gasteiger partial charge in [0.2, 0.25) is 0 Å². The zero-order valence-electron chi connectivity index (χ0n) is 7.15. The maximum Gasteiger partial charge on any atom is 0.327 e. The number of aromatic amines is 2. The minimum Gasteiger partial charge on any atom is -0.395 e. The molecule has 2 aromatic rings. The molecule has 0 saturated heterocycles. The Kier molecular flexibility index (Phi) is 1.93. The number of aromatic nitrogens is 4. The summed E-state index contributed by atoms with van der Waals surface area (Å²) >= 11 is 0. The molecular formula is C7H8N4O3. The van der Waals surface area contributed by atoms with Crippen LogP contribution in [-0.2, 0) is 6.54 Å². The van der Waals surface area contributed by atoms with Gasteiger partial charge < -0.3 is 9.67 Å². The van der Waals surface area contributed by atoms with Gasteiger partial charge in [0.25, 0.3) is 5.56 Å². The second kappa shape index (κ2) is 3.11. The molecule has 0 aliphatic rings. The molecular weight excluding hydrogens is 188 g/mol. The molecule has 0 bridgehead atoms. The van der Waals surface area contributed by atoms with Gasteiger partial charge in [0.1, 0.15) is 5.65 Å². The minimum absolute atomic E-state index is 0.0830. The van der Waals surface area contributed by atoms with Crippen LogP contribution in [0.5, 0.6) is 0 Å². The van der Waals surface area contributed by atoms with E-state index in [4.69, 9.17) is 5.11 Å². The number of hydrogen-bond acceptors (Lipinski definition) is 4. The van der Waals surface area contributed by atoms with Crippen LogP contribution in [0, 0.1) is 0 Å². The molecule has 0 radical (unpaired) electrons. The average molecular weight is 196 g/mol. The Bertz CT molecular complexity index is 564. The van der Waals surface area contributed by atoms with E-state index < -0.39 is 11.2 Å². The largest absolute Gasteiger partial charge is 0.395 e. The molecule has 0 atom stereocenters. The van der Waals surface area contributed by atoms with Crippen LogP contribution < -0.4 is 11.2 Å². The fraction of sp³-hybridized carbons (Fsp3) is 0.286. The van der Waals surface area contributed by atoms with Crippen LogP contribution in [-0.4, -0.2) is 31.2 Å². The van der Waals surface area contributed by atoms with Gasteiger partial charge >= 0.3 is 5.69 Å². The van der Waals surface area contributed by atoms with Crippen molar-refractivity contribution in [2.75, 3.05) is 6.61 Å². The van der Waals surface area contributed by atoms with Crippen molar-refractivity contribution in [1.82, 2.24) is 19.5 Å². The molecule has 0 saturated carbocycles. The quantitative estimate of drug-likeness (QED) is 0.538. The van der Waals surface area contributed by atoms with Crippen LogP contribution in [0.1, 0.15) is 0 Å². The molecule has 0 unspecified atom stereocenters. The molecule has 0 aliphatic carbocycles. The Morgan fingerprint density at radius 3 is 2.93 bits per heavy atom. The van der Waals surface area contributed by atoms with E-state index in [1.54, 1.807) is 0 Å². The van der Waals surface area contributed by atoms with E-state index in [-0.39, 0.29) is 18.7 Å². The SMILES string of the molecule is O=c1[nH]c(=O)c2ncn(CCO)c2[nH]1. The summed E-state index contributed by atoms with van der Waals surface area (Å²) in [5.74, 6) is 0. The lowest BCUT2D eigenvalue weighted by molar-refractivity contribution is 0.277. The lowest BCUT2D eigenvalue weighted by Gasteiger charge is -1.98. The van der Waals surface area contributed by atoms with E-state index >= 15 is 0 Å². The summed E-state index contributed by atoms with van der Waals surface area (Å²) in [6, 6.07) is 0. The molecule has 2 aromatic heterocycles. The fourth-order valence-corrected chi connectivity index (χ4v) is 1.26. The summed E-state index contributed by atoms with van der Waals surface area (Å²) < 4.78 is 1.51. The zero-order valence-corrected chi connectivity index (χ0v) is 7.15. The fourth-order valence-electron chi connectivity index (χ4n) is 1.26. The summed E-state index contributed by atoms with van der Waals surface area (Å²) in [6.45, 7) is 0.205. The average Bonchev–Trinajstić information content (AvgIpc) is 2.49. The molecule has 14 heavy (non-hydrogen) atoms. The first kappa shape index (κ1) is 8.70. The topological polar surface area (TPSA) is 104 Å². The van der Waals surface area contributed by atoms with Gasteiger partial charge in [-0.1, -0.05) is 0 Å². The third-order valence-electron chi connectivity index (χ3n) is 1.85. The number of hydrogen-bond donors (Lipinski definition) is 3. The molecule has 2 heterocycles. The second-order valence-electron chi connectivity index (χ2n) is 2.77. The van der Waals surface area contributed by atoms with E-state index in [0.717, 1.165) is 0 Å². The van der Waals surface area contributed by atoms with Gasteiger partial charge in [-0.25, -0.2) is 9.78 Å². The summed E-state index contributed by atoms with van der Waals surface area (Å²) in [4.78, 5) is 30.5. The van der Waals surface area contributed by atoms with Crippen molar-refractivity contribution < 1.29 is 5.11 Å². The van der Waals surface area contributed by atoms with E-state index in [9.17, 15) is 9.59 Å². The number of imidazole rings is 1. The van der Waals surface area contributed by atoms with Gasteiger partial charge in [0, 0.05) is 6.54 Å². The number of nitrogens with one attached hydrogen (secondary N) is 2. The van der Waals surface area contributed by atoms with Crippen LogP contribution >= 0.6 is 0 Å². The van der Waals surface area contributed by atoms with Crippen LogP contribution in [0.4, 0.5) is 0 Å². The Balaban J connectivity index is 2.79. The summed E-state index contributed by atoms with van der Waals surface area (Å²) in [5.41, 5.74) is -0.617. The highest BCUT2D eigenvalue weighted by atomic mass is 16.3. The third-order valence-corrected chi connectivity index (χ3v) is 1.85. The smallest absolute Gasteiger partial charge is 0.327 e. The Labute approximate surface area is 77.0 Å². The lowest BCUT2D eigenvalue weighted by Crippen LogP contribution is -2.22. The van der Waals surface area contributed by atoms with Crippen molar-refractivity contribution in [3.63, 3.8) is 0 Å². The third kappa shape index (κ3) is 1.23. The highest BCUT2D eigenvalue weighted by molar-refractivity contribution is 5.68. The van der Waals surface area contributed by atoms with Crippen LogP contribution in [0.2, 0.25) is 0 Å². The summed E-state index contributed by atoms with van der Waals surface area (Å²) in [6.07, 6.45) is 1.39. The number of aliphatic hydroxyl groups is 1. The highest BCUT2D eigenvalue weighted by Crippen LogP contribution is 2.01. The Morgan fingerprint density at radius 1 is 1.43 bits per heavy atom. The van der Waals surface area contributed by atoms with E-state index in [1.165, 1.54) is 10.9 Å².